The van der Waals surface area contributed by atoms with Crippen LogP contribution in [0.5, 0.6) is 5.75 Å². The molecule has 4 rings (SSSR count). The Hall–Kier alpha value is -3.45. The molecule has 0 radical (unpaired) electrons. The number of fused-ring (bicyclic) bond motifs is 1. The Morgan fingerprint density at radius 1 is 1.14 bits per heavy atom. The van der Waals surface area contributed by atoms with Crippen molar-refractivity contribution in [3.63, 3.8) is 0 Å². The second kappa shape index (κ2) is 8.28. The molecular weight excluding hydrogens is 368 g/mol. The Morgan fingerprint density at radius 3 is 2.83 bits per heavy atom. The Morgan fingerprint density at radius 2 is 2.00 bits per heavy atom. The molecule has 0 unspecified atom stereocenters. The van der Waals surface area contributed by atoms with E-state index in [1.165, 1.54) is 11.9 Å². The summed E-state index contributed by atoms with van der Waals surface area (Å²) >= 11 is 0. The van der Waals surface area contributed by atoms with E-state index < -0.39 is 0 Å². The van der Waals surface area contributed by atoms with Gasteiger partial charge in [0.2, 0.25) is 0 Å². The third kappa shape index (κ3) is 3.90. The van der Waals surface area contributed by atoms with Gasteiger partial charge in [-0.25, -0.2) is 9.97 Å². The van der Waals surface area contributed by atoms with Gasteiger partial charge < -0.3 is 19.8 Å². The normalized spacial score (nSPS) is 11.1. The van der Waals surface area contributed by atoms with Gasteiger partial charge in [-0.2, -0.15) is 0 Å². The van der Waals surface area contributed by atoms with Gasteiger partial charge in [-0.15, -0.1) is 0 Å². The van der Waals surface area contributed by atoms with Crippen LogP contribution in [0.4, 0.5) is 0 Å². The summed E-state index contributed by atoms with van der Waals surface area (Å²) in [5.74, 6) is 1.08. The van der Waals surface area contributed by atoms with Gasteiger partial charge in [0.1, 0.15) is 11.6 Å². The highest BCUT2D eigenvalue weighted by Gasteiger charge is 2.14. The van der Waals surface area contributed by atoms with Gasteiger partial charge in [-0.1, -0.05) is 30.3 Å². The molecule has 0 aliphatic carbocycles. The van der Waals surface area contributed by atoms with Gasteiger partial charge in [0, 0.05) is 6.61 Å². The van der Waals surface area contributed by atoms with Crippen LogP contribution in [0.15, 0.2) is 53.6 Å². The Kier molecular flexibility index (Phi) is 5.39. The fourth-order valence-electron chi connectivity index (χ4n) is 3.33. The van der Waals surface area contributed by atoms with E-state index in [9.17, 15) is 4.79 Å². The first kappa shape index (κ1) is 18.9. The molecule has 148 valence electrons. The molecule has 4 aromatic rings. The molecule has 0 saturated heterocycles. The van der Waals surface area contributed by atoms with Crippen LogP contribution in [-0.2, 0) is 6.42 Å². The molecule has 0 atom stereocenters. The molecule has 0 aliphatic rings. The Balaban J connectivity index is 1.76. The molecule has 7 nitrogen and oxygen atoms in total. The summed E-state index contributed by atoms with van der Waals surface area (Å²) in [4.78, 5) is 26.4. The molecule has 0 amide bonds. The molecular formula is C22H22N4O3. The quantitative estimate of drug-likeness (QED) is 0.449. The number of hydrogen-bond acceptors (Lipinski definition) is 5. The molecule has 2 heterocycles. The van der Waals surface area contributed by atoms with E-state index in [-0.39, 0.29) is 17.7 Å². The first-order valence-electron chi connectivity index (χ1n) is 9.60. The highest BCUT2D eigenvalue weighted by atomic mass is 16.5. The van der Waals surface area contributed by atoms with Gasteiger partial charge in [0.05, 0.1) is 18.5 Å². The Labute approximate surface area is 167 Å². The number of benzene rings is 2. The smallest absolute Gasteiger partial charge is 0.279 e. The van der Waals surface area contributed by atoms with Crippen molar-refractivity contribution in [2.45, 2.75) is 19.8 Å². The molecule has 2 aromatic heterocycles. The molecule has 0 aliphatic heterocycles. The zero-order valence-corrected chi connectivity index (χ0v) is 16.1. The van der Waals surface area contributed by atoms with Gasteiger partial charge in [0.15, 0.2) is 11.2 Å². The summed E-state index contributed by atoms with van der Waals surface area (Å²) in [6.45, 7) is 2.59. The van der Waals surface area contributed by atoms with E-state index in [1.54, 1.807) is 0 Å². The predicted molar refractivity (Wildman–Crippen MR) is 112 cm³/mol. The monoisotopic (exact) mass is 390 g/mol. The lowest BCUT2D eigenvalue weighted by Gasteiger charge is -2.13. The predicted octanol–water partition coefficient (Wildman–Crippen LogP) is 3.30. The first-order valence-corrected chi connectivity index (χ1v) is 9.60. The number of aryl methyl sites for hydroxylation is 1. The van der Waals surface area contributed by atoms with Crippen molar-refractivity contribution in [3.05, 3.63) is 64.7 Å². The molecule has 0 fully saturated rings. The summed E-state index contributed by atoms with van der Waals surface area (Å²) in [6.07, 6.45) is 3.02. The second-order valence-corrected chi connectivity index (χ2v) is 6.69. The number of aromatic amines is 2. The highest BCUT2D eigenvalue weighted by molar-refractivity contribution is 5.77. The zero-order chi connectivity index (χ0) is 20.2. The largest absolute Gasteiger partial charge is 0.493 e. The van der Waals surface area contributed by atoms with E-state index in [0.717, 1.165) is 24.0 Å². The molecule has 29 heavy (non-hydrogen) atoms. The number of imidazole rings is 1. The topological polar surface area (TPSA) is 104 Å². The minimum Gasteiger partial charge on any atom is -0.493 e. The lowest BCUT2D eigenvalue weighted by Crippen LogP contribution is -2.10. The van der Waals surface area contributed by atoms with Crippen LogP contribution in [0, 0.1) is 0 Å². The van der Waals surface area contributed by atoms with E-state index in [4.69, 9.17) is 9.84 Å². The summed E-state index contributed by atoms with van der Waals surface area (Å²) in [6, 6.07) is 14.1. The van der Waals surface area contributed by atoms with Crippen LogP contribution in [0.25, 0.3) is 33.7 Å². The summed E-state index contributed by atoms with van der Waals surface area (Å²) < 4.78 is 5.86. The van der Waals surface area contributed by atoms with Crippen molar-refractivity contribution in [1.29, 1.82) is 0 Å². The number of aliphatic hydroxyl groups is 1. The molecule has 7 heteroatoms. The van der Waals surface area contributed by atoms with E-state index >= 15 is 0 Å². The van der Waals surface area contributed by atoms with Crippen molar-refractivity contribution >= 4 is 11.2 Å². The standard InChI is InChI=1S/C22H22N4O3/c1-2-29-18-12-16(15-7-3-5-14(11-15)6-4-10-27)8-9-17(18)20-25-21-19(22(28)26-20)23-13-24-21/h3,5,7-9,11-13,27H,2,4,6,10H2,1H3,(H2,23,24,25,26,28). The van der Waals surface area contributed by atoms with E-state index in [1.807, 2.05) is 37.3 Å². The number of rotatable bonds is 7. The summed E-state index contributed by atoms with van der Waals surface area (Å²) in [5, 5.41) is 9.07. The second-order valence-electron chi connectivity index (χ2n) is 6.69. The van der Waals surface area contributed by atoms with Crippen molar-refractivity contribution in [2.24, 2.45) is 0 Å². The lowest BCUT2D eigenvalue weighted by molar-refractivity contribution is 0.288. The molecule has 0 saturated carbocycles. The van der Waals surface area contributed by atoms with Crippen LogP contribution in [0.3, 0.4) is 0 Å². The van der Waals surface area contributed by atoms with Gasteiger partial charge in [-0.05, 0) is 48.6 Å². The first-order chi connectivity index (χ1) is 14.2. The number of hydrogen-bond donors (Lipinski definition) is 3. The van der Waals surface area contributed by atoms with Crippen molar-refractivity contribution < 1.29 is 9.84 Å². The number of nitrogens with one attached hydrogen (secondary N) is 2. The maximum absolute atomic E-state index is 12.3. The zero-order valence-electron chi connectivity index (χ0n) is 16.1. The minimum absolute atomic E-state index is 0.180. The fraction of sp³-hybridized carbons (Fsp3) is 0.227. The lowest BCUT2D eigenvalue weighted by atomic mass is 9.99. The maximum atomic E-state index is 12.3. The number of H-pyrrole nitrogens is 2. The van der Waals surface area contributed by atoms with Crippen LogP contribution in [-0.4, -0.2) is 38.3 Å². The van der Waals surface area contributed by atoms with E-state index in [0.29, 0.717) is 29.4 Å². The molecule has 0 bridgehead atoms. The highest BCUT2D eigenvalue weighted by Crippen LogP contribution is 2.33. The number of aliphatic hydroxyl groups excluding tert-OH is 1. The average Bonchev–Trinajstić information content (AvgIpc) is 3.22. The minimum atomic E-state index is -0.297. The van der Waals surface area contributed by atoms with Crippen molar-refractivity contribution in [3.8, 4) is 28.3 Å². The van der Waals surface area contributed by atoms with Gasteiger partial charge in [-0.3, -0.25) is 4.79 Å². The molecule has 3 N–H and O–H groups in total. The Bertz CT molecular complexity index is 1200. The van der Waals surface area contributed by atoms with Crippen LogP contribution in [0.2, 0.25) is 0 Å². The van der Waals surface area contributed by atoms with Gasteiger partial charge >= 0.3 is 0 Å². The average molecular weight is 390 g/mol. The van der Waals surface area contributed by atoms with Crippen molar-refractivity contribution in [1.82, 2.24) is 19.9 Å². The third-order valence-corrected chi connectivity index (χ3v) is 4.71. The fourth-order valence-corrected chi connectivity index (χ4v) is 3.33. The maximum Gasteiger partial charge on any atom is 0.279 e. The molecule has 2 aromatic carbocycles. The molecule has 0 spiro atoms. The van der Waals surface area contributed by atoms with E-state index in [2.05, 4.69) is 32.1 Å². The summed E-state index contributed by atoms with van der Waals surface area (Å²) in [7, 11) is 0. The third-order valence-electron chi connectivity index (χ3n) is 4.71. The van der Waals surface area contributed by atoms with Gasteiger partial charge in [0.25, 0.3) is 5.56 Å². The number of ether oxygens (including phenoxy) is 1. The SMILES string of the molecule is CCOc1cc(-c2cccc(CCCO)c2)ccc1-c1nc2[nH]cnc2c(=O)[nH]1. The number of aromatic nitrogens is 4. The van der Waals surface area contributed by atoms with Crippen LogP contribution < -0.4 is 10.3 Å². The van der Waals surface area contributed by atoms with Crippen LogP contribution >= 0.6 is 0 Å². The van der Waals surface area contributed by atoms with Crippen LogP contribution in [0.1, 0.15) is 18.9 Å². The van der Waals surface area contributed by atoms with Crippen molar-refractivity contribution in [2.75, 3.05) is 13.2 Å². The summed E-state index contributed by atoms with van der Waals surface area (Å²) in [5.41, 5.74) is 4.38. The number of nitrogens with zero attached hydrogens (tertiary/aromatic N) is 2.